The summed E-state index contributed by atoms with van der Waals surface area (Å²) in [5.74, 6) is 0. The molecule has 84 valence electrons. The highest BCUT2D eigenvalue weighted by atomic mass is 32.1. The lowest BCUT2D eigenvalue weighted by atomic mass is 10.2. The van der Waals surface area contributed by atoms with E-state index in [2.05, 4.69) is 42.3 Å². The molecular weight excluding hydrogens is 216 g/mol. The molecule has 3 heteroatoms. The minimum atomic E-state index is 1.01. The zero-order valence-corrected chi connectivity index (χ0v) is 10.5. The zero-order chi connectivity index (χ0) is 11.4. The van der Waals surface area contributed by atoms with Gasteiger partial charge in [0, 0.05) is 23.3 Å². The second-order valence-corrected chi connectivity index (χ2v) is 5.05. The van der Waals surface area contributed by atoms with Gasteiger partial charge >= 0.3 is 0 Å². The lowest BCUT2D eigenvalue weighted by Gasteiger charge is -2.05. The minimum absolute atomic E-state index is 1.01. The summed E-state index contributed by atoms with van der Waals surface area (Å²) in [6.07, 6.45) is 3.00. The fourth-order valence-electron chi connectivity index (χ4n) is 1.52. The fourth-order valence-corrected chi connectivity index (χ4v) is 2.35. The summed E-state index contributed by atoms with van der Waals surface area (Å²) in [4.78, 5) is 6.96. The first-order chi connectivity index (χ1) is 7.79. The van der Waals surface area contributed by atoms with E-state index in [-0.39, 0.29) is 0 Å². The van der Waals surface area contributed by atoms with Crippen LogP contribution in [0.1, 0.15) is 18.2 Å². The summed E-state index contributed by atoms with van der Waals surface area (Å²) in [5.41, 5.74) is 2.21. The molecule has 0 amide bonds. The Morgan fingerprint density at radius 2 is 2.19 bits per heavy atom. The van der Waals surface area contributed by atoms with E-state index in [1.807, 2.05) is 12.3 Å². The van der Waals surface area contributed by atoms with E-state index in [1.54, 1.807) is 11.3 Å². The molecule has 0 radical (unpaired) electrons. The molecule has 2 aromatic rings. The Bertz CT molecular complexity index is 462. The Hall–Kier alpha value is -1.35. The third kappa shape index (κ3) is 2.61. The molecule has 0 fully saturated rings. The van der Waals surface area contributed by atoms with Crippen LogP contribution in [0.25, 0.3) is 10.6 Å². The number of pyridine rings is 1. The Kier molecular flexibility index (Phi) is 3.57. The van der Waals surface area contributed by atoms with Crippen LogP contribution in [0.15, 0.2) is 30.5 Å². The fraction of sp³-hybridized carbons (Fsp3) is 0.308. The van der Waals surface area contributed by atoms with Crippen molar-refractivity contribution in [2.24, 2.45) is 0 Å². The highest BCUT2D eigenvalue weighted by Crippen LogP contribution is 2.27. The summed E-state index contributed by atoms with van der Waals surface area (Å²) < 4.78 is 0. The number of rotatable bonds is 4. The van der Waals surface area contributed by atoms with Crippen LogP contribution < -0.4 is 5.32 Å². The van der Waals surface area contributed by atoms with Gasteiger partial charge in [-0.05, 0) is 37.6 Å². The monoisotopic (exact) mass is 232 g/mol. The quantitative estimate of drug-likeness (QED) is 0.863. The maximum atomic E-state index is 4.40. The number of thiophene rings is 1. The van der Waals surface area contributed by atoms with Crippen LogP contribution in [-0.2, 0) is 0 Å². The van der Waals surface area contributed by atoms with Gasteiger partial charge in [0.15, 0.2) is 0 Å². The van der Waals surface area contributed by atoms with E-state index >= 15 is 0 Å². The van der Waals surface area contributed by atoms with Crippen molar-refractivity contribution in [3.8, 4) is 10.6 Å². The van der Waals surface area contributed by atoms with Crippen LogP contribution in [-0.4, -0.2) is 11.5 Å². The molecule has 2 heterocycles. The third-order valence-electron chi connectivity index (χ3n) is 2.33. The Labute approximate surface area is 100 Å². The van der Waals surface area contributed by atoms with Crippen LogP contribution in [0.2, 0.25) is 0 Å². The molecule has 0 aliphatic rings. The normalized spacial score (nSPS) is 10.4. The van der Waals surface area contributed by atoms with Crippen LogP contribution in [0.4, 0.5) is 5.69 Å². The molecular formula is C13H16N2S. The summed E-state index contributed by atoms with van der Waals surface area (Å²) >= 11 is 1.78. The molecule has 0 saturated heterocycles. The van der Waals surface area contributed by atoms with Gasteiger partial charge in [-0.3, -0.25) is 4.98 Å². The van der Waals surface area contributed by atoms with E-state index in [4.69, 9.17) is 0 Å². The predicted octanol–water partition coefficient (Wildman–Crippen LogP) is 3.94. The molecule has 0 spiro atoms. The van der Waals surface area contributed by atoms with Crippen molar-refractivity contribution in [2.45, 2.75) is 20.3 Å². The second kappa shape index (κ2) is 5.12. The van der Waals surface area contributed by atoms with Gasteiger partial charge in [0.2, 0.25) is 0 Å². The summed E-state index contributed by atoms with van der Waals surface area (Å²) in [7, 11) is 0. The first kappa shape index (κ1) is 11.1. The molecule has 2 rings (SSSR count). The molecule has 16 heavy (non-hydrogen) atoms. The van der Waals surface area contributed by atoms with Gasteiger partial charge in [-0.2, -0.15) is 0 Å². The standard InChI is InChI=1S/C13H16N2S/c1-3-7-14-11-6-8-15-12(9-11)13-5-4-10(2)16-13/h4-6,8-9H,3,7H2,1-2H3,(H,14,15). The summed E-state index contributed by atoms with van der Waals surface area (Å²) in [5, 5.41) is 3.38. The Morgan fingerprint density at radius 1 is 1.31 bits per heavy atom. The summed E-state index contributed by atoms with van der Waals surface area (Å²) in [6.45, 7) is 5.29. The van der Waals surface area contributed by atoms with Crippen molar-refractivity contribution in [2.75, 3.05) is 11.9 Å². The molecule has 0 aliphatic carbocycles. The largest absolute Gasteiger partial charge is 0.385 e. The van der Waals surface area contributed by atoms with Crippen LogP contribution in [0.5, 0.6) is 0 Å². The number of anilines is 1. The number of nitrogens with zero attached hydrogens (tertiary/aromatic N) is 1. The van der Waals surface area contributed by atoms with Crippen molar-refractivity contribution < 1.29 is 0 Å². The van der Waals surface area contributed by atoms with E-state index in [0.29, 0.717) is 0 Å². The highest BCUT2D eigenvalue weighted by Gasteiger charge is 2.02. The topological polar surface area (TPSA) is 24.9 Å². The molecule has 0 aromatic carbocycles. The molecule has 0 aliphatic heterocycles. The maximum absolute atomic E-state index is 4.40. The minimum Gasteiger partial charge on any atom is -0.385 e. The number of aromatic nitrogens is 1. The van der Waals surface area contributed by atoms with Crippen molar-refractivity contribution in [1.82, 2.24) is 4.98 Å². The summed E-state index contributed by atoms with van der Waals surface area (Å²) in [6, 6.07) is 8.39. The number of hydrogen-bond acceptors (Lipinski definition) is 3. The van der Waals surface area contributed by atoms with Crippen molar-refractivity contribution >= 4 is 17.0 Å². The van der Waals surface area contributed by atoms with Crippen LogP contribution >= 0.6 is 11.3 Å². The average molecular weight is 232 g/mol. The third-order valence-corrected chi connectivity index (χ3v) is 3.36. The first-order valence-electron chi connectivity index (χ1n) is 5.56. The zero-order valence-electron chi connectivity index (χ0n) is 9.66. The van der Waals surface area contributed by atoms with Gasteiger partial charge in [0.25, 0.3) is 0 Å². The molecule has 0 atom stereocenters. The number of aryl methyl sites for hydroxylation is 1. The van der Waals surface area contributed by atoms with Crippen molar-refractivity contribution in [3.05, 3.63) is 35.3 Å². The van der Waals surface area contributed by atoms with Crippen molar-refractivity contribution in [1.29, 1.82) is 0 Å². The number of nitrogens with one attached hydrogen (secondary N) is 1. The average Bonchev–Trinajstić information content (AvgIpc) is 2.74. The van der Waals surface area contributed by atoms with Crippen LogP contribution in [0, 0.1) is 6.92 Å². The van der Waals surface area contributed by atoms with Gasteiger partial charge in [-0.1, -0.05) is 6.92 Å². The lowest BCUT2D eigenvalue weighted by molar-refractivity contribution is 0.979. The highest BCUT2D eigenvalue weighted by molar-refractivity contribution is 7.15. The molecule has 2 aromatic heterocycles. The van der Waals surface area contributed by atoms with Gasteiger partial charge in [0.05, 0.1) is 10.6 Å². The molecule has 0 saturated carbocycles. The molecule has 2 nitrogen and oxygen atoms in total. The Morgan fingerprint density at radius 3 is 2.88 bits per heavy atom. The second-order valence-electron chi connectivity index (χ2n) is 3.77. The molecule has 0 unspecified atom stereocenters. The molecule has 0 bridgehead atoms. The maximum Gasteiger partial charge on any atom is 0.0822 e. The molecule has 1 N–H and O–H groups in total. The van der Waals surface area contributed by atoms with Gasteiger partial charge in [0.1, 0.15) is 0 Å². The smallest absolute Gasteiger partial charge is 0.0822 e. The SMILES string of the molecule is CCCNc1ccnc(-c2ccc(C)s2)c1. The predicted molar refractivity (Wildman–Crippen MR) is 71.1 cm³/mol. The van der Waals surface area contributed by atoms with Crippen LogP contribution in [0.3, 0.4) is 0 Å². The van der Waals surface area contributed by atoms with Gasteiger partial charge in [-0.15, -0.1) is 11.3 Å². The van der Waals surface area contributed by atoms with E-state index in [9.17, 15) is 0 Å². The van der Waals surface area contributed by atoms with Gasteiger partial charge in [-0.25, -0.2) is 0 Å². The van der Waals surface area contributed by atoms with Crippen molar-refractivity contribution in [3.63, 3.8) is 0 Å². The number of hydrogen-bond donors (Lipinski definition) is 1. The lowest BCUT2D eigenvalue weighted by Crippen LogP contribution is -1.99. The van der Waals surface area contributed by atoms with E-state index in [0.717, 1.165) is 24.3 Å². The van der Waals surface area contributed by atoms with E-state index < -0.39 is 0 Å². The Balaban J connectivity index is 2.22. The first-order valence-corrected chi connectivity index (χ1v) is 6.38. The van der Waals surface area contributed by atoms with E-state index in [1.165, 1.54) is 9.75 Å². The van der Waals surface area contributed by atoms with Gasteiger partial charge < -0.3 is 5.32 Å².